The minimum atomic E-state index is -0.643. The highest BCUT2D eigenvalue weighted by Gasteiger charge is 2.08. The zero-order valence-electron chi connectivity index (χ0n) is 8.64. The van der Waals surface area contributed by atoms with Gasteiger partial charge in [-0.1, -0.05) is 0 Å². The van der Waals surface area contributed by atoms with Gasteiger partial charge in [-0.05, 0) is 13.0 Å². The molecule has 1 aromatic rings. The molecule has 0 spiro atoms. The van der Waals surface area contributed by atoms with E-state index in [1.807, 2.05) is 0 Å². The Hall–Kier alpha value is -1.62. The second kappa shape index (κ2) is 4.75. The van der Waals surface area contributed by atoms with Crippen molar-refractivity contribution in [1.29, 1.82) is 0 Å². The van der Waals surface area contributed by atoms with E-state index in [-0.39, 0.29) is 17.7 Å². The van der Waals surface area contributed by atoms with Crippen LogP contribution >= 0.6 is 0 Å². The van der Waals surface area contributed by atoms with E-state index in [0.29, 0.717) is 0 Å². The highest BCUT2D eigenvalue weighted by atomic mass is 16.5. The summed E-state index contributed by atoms with van der Waals surface area (Å²) in [4.78, 5) is 22.5. The van der Waals surface area contributed by atoms with Gasteiger partial charge in [0.05, 0.1) is 25.3 Å². The Balaban J connectivity index is 3.05. The highest BCUT2D eigenvalue weighted by molar-refractivity contribution is 5.88. The zero-order valence-corrected chi connectivity index (χ0v) is 8.64. The highest BCUT2D eigenvalue weighted by Crippen LogP contribution is 1.99. The van der Waals surface area contributed by atoms with E-state index < -0.39 is 12.1 Å². The van der Waals surface area contributed by atoms with Crippen molar-refractivity contribution in [2.24, 2.45) is 0 Å². The topological polar surface area (TPSA) is 68.5 Å². The summed E-state index contributed by atoms with van der Waals surface area (Å²) < 4.78 is 5.79. The molecule has 82 valence electrons. The molecule has 0 aliphatic rings. The first-order valence-electron chi connectivity index (χ1n) is 4.51. The van der Waals surface area contributed by atoms with Crippen LogP contribution in [0, 0.1) is 0 Å². The number of aliphatic hydroxyl groups is 1. The van der Waals surface area contributed by atoms with Crippen LogP contribution in [0.5, 0.6) is 0 Å². The first kappa shape index (κ1) is 11.5. The standard InChI is InChI=1S/C10H13NO4/c1-7(12)5-11-6-8(10(14)15-2)3-4-9(11)13/h3-4,6-7,12H,5H2,1-2H3. The molecule has 0 radical (unpaired) electrons. The van der Waals surface area contributed by atoms with Crippen molar-refractivity contribution in [2.75, 3.05) is 7.11 Å². The molecule has 0 saturated carbocycles. The number of hydrogen-bond donors (Lipinski definition) is 1. The fourth-order valence-corrected chi connectivity index (χ4v) is 1.20. The van der Waals surface area contributed by atoms with E-state index in [2.05, 4.69) is 4.74 Å². The Morgan fingerprint density at radius 3 is 2.80 bits per heavy atom. The summed E-state index contributed by atoms with van der Waals surface area (Å²) in [6.45, 7) is 1.72. The average Bonchev–Trinajstić information content (AvgIpc) is 2.19. The van der Waals surface area contributed by atoms with E-state index in [9.17, 15) is 9.59 Å². The van der Waals surface area contributed by atoms with Gasteiger partial charge in [0, 0.05) is 12.3 Å². The number of carbonyl (C=O) groups is 1. The van der Waals surface area contributed by atoms with Crippen LogP contribution in [0.4, 0.5) is 0 Å². The predicted octanol–water partition coefficient (Wildman–Crippen LogP) is 0.0157. The van der Waals surface area contributed by atoms with Gasteiger partial charge in [-0.15, -0.1) is 0 Å². The number of methoxy groups -OCH3 is 1. The third-order valence-corrected chi connectivity index (χ3v) is 1.87. The number of pyridine rings is 1. The molecule has 0 aliphatic carbocycles. The van der Waals surface area contributed by atoms with E-state index in [0.717, 1.165) is 0 Å². The lowest BCUT2D eigenvalue weighted by Gasteiger charge is -2.08. The normalized spacial score (nSPS) is 12.2. The molecule has 1 heterocycles. The molecule has 0 bridgehead atoms. The largest absolute Gasteiger partial charge is 0.465 e. The van der Waals surface area contributed by atoms with Crippen molar-refractivity contribution in [2.45, 2.75) is 19.6 Å². The first-order valence-corrected chi connectivity index (χ1v) is 4.51. The van der Waals surface area contributed by atoms with Gasteiger partial charge < -0.3 is 14.4 Å². The molecule has 0 saturated heterocycles. The van der Waals surface area contributed by atoms with Crippen molar-refractivity contribution in [3.05, 3.63) is 34.2 Å². The fraction of sp³-hybridized carbons (Fsp3) is 0.400. The summed E-state index contributed by atoms with van der Waals surface area (Å²) in [6, 6.07) is 2.67. The average molecular weight is 211 g/mol. The number of nitrogens with zero attached hydrogens (tertiary/aromatic N) is 1. The Morgan fingerprint density at radius 1 is 1.60 bits per heavy atom. The van der Waals surface area contributed by atoms with Crippen molar-refractivity contribution >= 4 is 5.97 Å². The summed E-state index contributed by atoms with van der Waals surface area (Å²) in [6.07, 6.45) is 0.733. The summed E-state index contributed by atoms with van der Waals surface area (Å²) in [5.41, 5.74) is 0.0290. The number of rotatable bonds is 3. The van der Waals surface area contributed by atoms with Gasteiger partial charge in [0.2, 0.25) is 0 Å². The molecule has 0 aromatic carbocycles. The number of aliphatic hydroxyl groups excluding tert-OH is 1. The predicted molar refractivity (Wildman–Crippen MR) is 53.7 cm³/mol. The lowest BCUT2D eigenvalue weighted by Crippen LogP contribution is -2.25. The summed E-state index contributed by atoms with van der Waals surface area (Å²) in [5, 5.41) is 9.14. The van der Waals surface area contributed by atoms with Crippen molar-refractivity contribution in [3.63, 3.8) is 0 Å². The molecule has 0 aliphatic heterocycles. The Morgan fingerprint density at radius 2 is 2.27 bits per heavy atom. The Labute approximate surface area is 86.9 Å². The lowest BCUT2D eigenvalue weighted by atomic mass is 10.3. The molecular formula is C10H13NO4. The minimum absolute atomic E-state index is 0.156. The number of hydrogen-bond acceptors (Lipinski definition) is 4. The van der Waals surface area contributed by atoms with E-state index in [1.165, 1.54) is 30.0 Å². The van der Waals surface area contributed by atoms with Gasteiger partial charge in [0.15, 0.2) is 0 Å². The number of aromatic nitrogens is 1. The monoisotopic (exact) mass is 211 g/mol. The van der Waals surface area contributed by atoms with Crippen molar-refractivity contribution in [3.8, 4) is 0 Å². The molecule has 1 unspecified atom stereocenters. The second-order valence-electron chi connectivity index (χ2n) is 3.25. The van der Waals surface area contributed by atoms with Crippen LogP contribution < -0.4 is 5.56 Å². The Bertz CT molecular complexity index is 408. The maximum atomic E-state index is 11.3. The number of carbonyl (C=O) groups excluding carboxylic acids is 1. The quantitative estimate of drug-likeness (QED) is 0.715. The maximum absolute atomic E-state index is 11.3. The molecular weight excluding hydrogens is 198 g/mol. The van der Waals surface area contributed by atoms with Crippen LogP contribution in [-0.2, 0) is 11.3 Å². The van der Waals surface area contributed by atoms with Gasteiger partial charge in [-0.2, -0.15) is 0 Å². The van der Waals surface area contributed by atoms with Crippen LogP contribution in [-0.4, -0.2) is 28.9 Å². The third kappa shape index (κ3) is 2.92. The summed E-state index contributed by atoms with van der Waals surface area (Å²) >= 11 is 0. The smallest absolute Gasteiger partial charge is 0.339 e. The molecule has 1 atom stereocenters. The van der Waals surface area contributed by atoms with E-state index >= 15 is 0 Å². The number of ether oxygens (including phenoxy) is 1. The molecule has 5 heteroatoms. The molecule has 0 amide bonds. The van der Waals surface area contributed by atoms with Crippen LogP contribution in [0.25, 0.3) is 0 Å². The van der Waals surface area contributed by atoms with Crippen LogP contribution in [0.1, 0.15) is 17.3 Å². The van der Waals surface area contributed by atoms with Crippen LogP contribution in [0.15, 0.2) is 23.1 Å². The molecule has 1 N–H and O–H groups in total. The maximum Gasteiger partial charge on any atom is 0.339 e. The summed E-state index contributed by atoms with van der Waals surface area (Å²) in [7, 11) is 1.27. The summed E-state index contributed by atoms with van der Waals surface area (Å²) in [5.74, 6) is -0.505. The van der Waals surface area contributed by atoms with Gasteiger partial charge in [0.1, 0.15) is 0 Å². The Kier molecular flexibility index (Phi) is 3.62. The van der Waals surface area contributed by atoms with Crippen LogP contribution in [0.3, 0.4) is 0 Å². The third-order valence-electron chi connectivity index (χ3n) is 1.87. The van der Waals surface area contributed by atoms with Gasteiger partial charge in [-0.3, -0.25) is 4.79 Å². The number of esters is 1. The molecule has 15 heavy (non-hydrogen) atoms. The molecule has 1 aromatic heterocycles. The van der Waals surface area contributed by atoms with E-state index in [1.54, 1.807) is 6.92 Å². The van der Waals surface area contributed by atoms with Gasteiger partial charge >= 0.3 is 5.97 Å². The van der Waals surface area contributed by atoms with Crippen molar-refractivity contribution < 1.29 is 14.6 Å². The fourth-order valence-electron chi connectivity index (χ4n) is 1.20. The molecule has 1 rings (SSSR count). The van der Waals surface area contributed by atoms with Gasteiger partial charge in [-0.25, -0.2) is 4.79 Å². The van der Waals surface area contributed by atoms with Crippen molar-refractivity contribution in [1.82, 2.24) is 4.57 Å². The minimum Gasteiger partial charge on any atom is -0.465 e. The van der Waals surface area contributed by atoms with Gasteiger partial charge in [0.25, 0.3) is 5.56 Å². The lowest BCUT2D eigenvalue weighted by molar-refractivity contribution is 0.0599. The molecule has 5 nitrogen and oxygen atoms in total. The van der Waals surface area contributed by atoms with Crippen LogP contribution in [0.2, 0.25) is 0 Å². The van der Waals surface area contributed by atoms with E-state index in [4.69, 9.17) is 5.11 Å². The second-order valence-corrected chi connectivity index (χ2v) is 3.25. The first-order chi connectivity index (χ1) is 7.04. The zero-order chi connectivity index (χ0) is 11.4. The SMILES string of the molecule is COC(=O)c1ccc(=O)n(CC(C)O)c1. The molecule has 0 fully saturated rings.